The van der Waals surface area contributed by atoms with Crippen LogP contribution in [0.4, 0.5) is 0 Å². The van der Waals surface area contributed by atoms with Crippen LogP contribution in [0.5, 0.6) is 0 Å². The minimum atomic E-state index is -0.931. The quantitative estimate of drug-likeness (QED) is 0.882. The summed E-state index contributed by atoms with van der Waals surface area (Å²) < 4.78 is 0. The van der Waals surface area contributed by atoms with Gasteiger partial charge in [-0.1, -0.05) is 18.2 Å². The van der Waals surface area contributed by atoms with Crippen molar-refractivity contribution in [1.82, 2.24) is 4.90 Å². The predicted octanol–water partition coefficient (Wildman–Crippen LogP) is 2.00. The van der Waals surface area contributed by atoms with Crippen molar-refractivity contribution in [2.24, 2.45) is 0 Å². The first-order valence-electron chi connectivity index (χ1n) is 6.62. The van der Waals surface area contributed by atoms with Gasteiger partial charge < -0.3 is 10.0 Å². The fourth-order valence-electron chi connectivity index (χ4n) is 2.49. The molecular formula is C15H19NO3. The zero-order valence-corrected chi connectivity index (χ0v) is 11.2. The number of rotatable bonds is 5. The largest absolute Gasteiger partial charge is 0.481 e. The molecule has 0 saturated heterocycles. The first kappa shape index (κ1) is 13.6. The van der Waals surface area contributed by atoms with Gasteiger partial charge in [0.15, 0.2) is 0 Å². The molecule has 4 heteroatoms. The second kappa shape index (κ2) is 5.87. The Morgan fingerprint density at radius 2 is 1.95 bits per heavy atom. The zero-order valence-electron chi connectivity index (χ0n) is 11.2. The molecule has 1 aliphatic rings. The van der Waals surface area contributed by atoms with Crippen LogP contribution in [0, 0.1) is 0 Å². The van der Waals surface area contributed by atoms with Crippen molar-refractivity contribution in [2.45, 2.75) is 38.6 Å². The molecule has 2 rings (SSSR count). The molecule has 0 atom stereocenters. The maximum absolute atomic E-state index is 11.7. The summed E-state index contributed by atoms with van der Waals surface area (Å²) in [6.07, 6.45) is 3.46. The van der Waals surface area contributed by atoms with Crippen LogP contribution in [0.3, 0.4) is 0 Å². The lowest BCUT2D eigenvalue weighted by Gasteiger charge is -2.17. The predicted molar refractivity (Wildman–Crippen MR) is 71.8 cm³/mol. The minimum Gasteiger partial charge on any atom is -0.481 e. The van der Waals surface area contributed by atoms with Crippen LogP contribution in [0.15, 0.2) is 18.2 Å². The van der Waals surface area contributed by atoms with E-state index < -0.39 is 5.97 Å². The van der Waals surface area contributed by atoms with Gasteiger partial charge in [0.05, 0.1) is 6.42 Å². The van der Waals surface area contributed by atoms with Crippen LogP contribution >= 0.6 is 0 Å². The van der Waals surface area contributed by atoms with Crippen molar-refractivity contribution in [2.75, 3.05) is 7.05 Å². The third-order valence-electron chi connectivity index (χ3n) is 3.56. The van der Waals surface area contributed by atoms with E-state index in [4.69, 9.17) is 5.11 Å². The number of carbonyl (C=O) groups excluding carboxylic acids is 1. The summed E-state index contributed by atoms with van der Waals surface area (Å²) in [5, 5.41) is 8.57. The first-order chi connectivity index (χ1) is 9.06. The molecule has 1 amide bonds. The average Bonchev–Trinajstić information content (AvgIpc) is 2.83. The highest BCUT2D eigenvalue weighted by atomic mass is 16.4. The Bertz CT molecular complexity index is 496. The van der Waals surface area contributed by atoms with Gasteiger partial charge in [0.25, 0.3) is 0 Å². The van der Waals surface area contributed by atoms with Crippen LogP contribution in [0.2, 0.25) is 0 Å². The number of carbonyl (C=O) groups is 2. The zero-order chi connectivity index (χ0) is 13.8. The van der Waals surface area contributed by atoms with Gasteiger partial charge in [-0.3, -0.25) is 9.59 Å². The summed E-state index contributed by atoms with van der Waals surface area (Å²) >= 11 is 0. The van der Waals surface area contributed by atoms with Gasteiger partial charge in [-0.25, -0.2) is 0 Å². The molecule has 0 radical (unpaired) electrons. The van der Waals surface area contributed by atoms with Gasteiger partial charge in [-0.15, -0.1) is 0 Å². The highest BCUT2D eigenvalue weighted by molar-refractivity contribution is 5.80. The Labute approximate surface area is 113 Å². The first-order valence-corrected chi connectivity index (χ1v) is 6.62. The third-order valence-corrected chi connectivity index (χ3v) is 3.56. The van der Waals surface area contributed by atoms with Gasteiger partial charge >= 0.3 is 5.97 Å². The number of hydrogen-bond donors (Lipinski definition) is 1. The lowest BCUT2D eigenvalue weighted by molar-refractivity contribution is -0.140. The molecule has 102 valence electrons. The SMILES string of the molecule is CN(Cc1ccc2c(c1)CCC2)C(=O)CCC(=O)O. The number of nitrogens with zero attached hydrogens (tertiary/aromatic N) is 1. The standard InChI is InChI=1S/C15H19NO3/c1-16(14(17)7-8-15(18)19)10-11-5-6-12-3-2-4-13(12)9-11/h5-6,9H,2-4,7-8,10H2,1H3,(H,18,19). The van der Waals surface area contributed by atoms with E-state index in [9.17, 15) is 9.59 Å². The number of aryl methyl sites for hydroxylation is 2. The second-order valence-electron chi connectivity index (χ2n) is 5.10. The number of benzene rings is 1. The van der Waals surface area contributed by atoms with Gasteiger partial charge in [-0.05, 0) is 36.0 Å². The summed E-state index contributed by atoms with van der Waals surface area (Å²) in [6, 6.07) is 6.38. The monoisotopic (exact) mass is 261 g/mol. The molecule has 0 aliphatic heterocycles. The molecule has 0 aromatic heterocycles. The van der Waals surface area contributed by atoms with E-state index in [0.29, 0.717) is 6.54 Å². The molecule has 1 aromatic carbocycles. The minimum absolute atomic E-state index is 0.0662. The number of fused-ring (bicyclic) bond motifs is 1. The van der Waals surface area contributed by atoms with Gasteiger partial charge in [0, 0.05) is 20.0 Å². The van der Waals surface area contributed by atoms with Crippen molar-refractivity contribution >= 4 is 11.9 Å². The van der Waals surface area contributed by atoms with E-state index in [2.05, 4.69) is 18.2 Å². The van der Waals surface area contributed by atoms with E-state index in [1.807, 2.05) is 0 Å². The van der Waals surface area contributed by atoms with E-state index in [1.54, 1.807) is 11.9 Å². The topological polar surface area (TPSA) is 57.6 Å². The number of carboxylic acid groups (broad SMARTS) is 1. The van der Waals surface area contributed by atoms with Crippen LogP contribution in [-0.2, 0) is 29.0 Å². The Morgan fingerprint density at radius 1 is 1.21 bits per heavy atom. The number of aliphatic carboxylic acids is 1. The molecule has 0 heterocycles. The summed E-state index contributed by atoms with van der Waals surface area (Å²) in [6.45, 7) is 0.547. The molecule has 1 aromatic rings. The van der Waals surface area contributed by atoms with Crippen molar-refractivity contribution in [3.05, 3.63) is 34.9 Å². The normalized spacial score (nSPS) is 13.1. The molecule has 1 aliphatic carbocycles. The molecular weight excluding hydrogens is 242 g/mol. The highest BCUT2D eigenvalue weighted by Gasteiger charge is 2.14. The van der Waals surface area contributed by atoms with Crippen LogP contribution < -0.4 is 0 Å². The average molecular weight is 261 g/mol. The molecule has 0 spiro atoms. The molecule has 1 N–H and O–H groups in total. The number of amides is 1. The summed E-state index contributed by atoms with van der Waals surface area (Å²) in [5.41, 5.74) is 3.93. The molecule has 19 heavy (non-hydrogen) atoms. The Kier molecular flexibility index (Phi) is 4.20. The third kappa shape index (κ3) is 3.56. The lowest BCUT2D eigenvalue weighted by atomic mass is 10.1. The van der Waals surface area contributed by atoms with E-state index >= 15 is 0 Å². The summed E-state index contributed by atoms with van der Waals surface area (Å²) in [5.74, 6) is -1.05. The van der Waals surface area contributed by atoms with Gasteiger partial charge in [-0.2, -0.15) is 0 Å². The van der Waals surface area contributed by atoms with Gasteiger partial charge in [0.1, 0.15) is 0 Å². The van der Waals surface area contributed by atoms with E-state index in [1.165, 1.54) is 17.5 Å². The summed E-state index contributed by atoms with van der Waals surface area (Å²) in [4.78, 5) is 23.8. The maximum atomic E-state index is 11.7. The Hall–Kier alpha value is -1.84. The molecule has 0 unspecified atom stereocenters. The lowest BCUT2D eigenvalue weighted by Crippen LogP contribution is -2.26. The van der Waals surface area contributed by atoms with Crippen molar-refractivity contribution in [1.29, 1.82) is 0 Å². The second-order valence-corrected chi connectivity index (χ2v) is 5.10. The Morgan fingerprint density at radius 3 is 2.68 bits per heavy atom. The fraction of sp³-hybridized carbons (Fsp3) is 0.467. The molecule has 0 fully saturated rings. The number of carboxylic acids is 1. The number of hydrogen-bond acceptors (Lipinski definition) is 2. The van der Waals surface area contributed by atoms with Crippen molar-refractivity contribution in [3.8, 4) is 0 Å². The Balaban J connectivity index is 1.93. The van der Waals surface area contributed by atoms with Crippen molar-refractivity contribution < 1.29 is 14.7 Å². The molecule has 4 nitrogen and oxygen atoms in total. The fourth-order valence-corrected chi connectivity index (χ4v) is 2.49. The smallest absolute Gasteiger partial charge is 0.303 e. The van der Waals surface area contributed by atoms with Crippen molar-refractivity contribution in [3.63, 3.8) is 0 Å². The van der Waals surface area contributed by atoms with Crippen LogP contribution in [-0.4, -0.2) is 28.9 Å². The van der Waals surface area contributed by atoms with Crippen LogP contribution in [0.1, 0.15) is 36.0 Å². The van der Waals surface area contributed by atoms with Gasteiger partial charge in [0.2, 0.25) is 5.91 Å². The van der Waals surface area contributed by atoms with E-state index in [0.717, 1.165) is 18.4 Å². The maximum Gasteiger partial charge on any atom is 0.303 e. The van der Waals surface area contributed by atoms with E-state index in [-0.39, 0.29) is 18.7 Å². The molecule has 0 bridgehead atoms. The summed E-state index contributed by atoms with van der Waals surface area (Å²) in [7, 11) is 1.72. The van der Waals surface area contributed by atoms with Crippen LogP contribution in [0.25, 0.3) is 0 Å². The highest BCUT2D eigenvalue weighted by Crippen LogP contribution is 2.23. The molecule has 0 saturated carbocycles.